The smallest absolute Gasteiger partial charge is 0.0456 e. The lowest BCUT2D eigenvalue weighted by molar-refractivity contribution is 0.306. The summed E-state index contributed by atoms with van der Waals surface area (Å²) in [5.41, 5.74) is 3.90. The van der Waals surface area contributed by atoms with Crippen molar-refractivity contribution in [2.45, 2.75) is 6.54 Å². The van der Waals surface area contributed by atoms with E-state index in [9.17, 15) is 0 Å². The summed E-state index contributed by atoms with van der Waals surface area (Å²) in [7, 11) is 0. The van der Waals surface area contributed by atoms with E-state index in [1.54, 1.807) is 0 Å². The number of aromatic amines is 1. The third kappa shape index (κ3) is 2.47. The first-order valence-corrected chi connectivity index (χ1v) is 8.79. The van der Waals surface area contributed by atoms with Crippen LogP contribution in [0.1, 0.15) is 5.69 Å². The highest BCUT2D eigenvalue weighted by Crippen LogP contribution is 2.34. The first-order chi connectivity index (χ1) is 11.8. The van der Waals surface area contributed by atoms with Crippen LogP contribution in [0.2, 0.25) is 0 Å². The highest BCUT2D eigenvalue weighted by Gasteiger charge is 2.39. The van der Waals surface area contributed by atoms with Gasteiger partial charge >= 0.3 is 0 Å². The van der Waals surface area contributed by atoms with Gasteiger partial charge in [0.05, 0.1) is 0 Å². The van der Waals surface area contributed by atoms with Crippen LogP contribution in [0.15, 0.2) is 54.9 Å². The normalized spacial score (nSPS) is 23.9. The van der Waals surface area contributed by atoms with Gasteiger partial charge in [0.25, 0.3) is 0 Å². The summed E-state index contributed by atoms with van der Waals surface area (Å²) in [6.45, 7) is 5.82. The number of aromatic nitrogens is 2. The fraction of sp³-hybridized carbons (Fsp3) is 0.350. The van der Waals surface area contributed by atoms with E-state index in [0.29, 0.717) is 0 Å². The number of benzene rings is 1. The summed E-state index contributed by atoms with van der Waals surface area (Å²) in [4.78, 5) is 12.8. The molecule has 0 amide bonds. The van der Waals surface area contributed by atoms with Crippen molar-refractivity contribution in [2.75, 3.05) is 31.1 Å². The van der Waals surface area contributed by atoms with Gasteiger partial charge in [-0.15, -0.1) is 0 Å². The second-order valence-electron chi connectivity index (χ2n) is 7.21. The number of hydrogen-bond donors (Lipinski definition) is 1. The standard InChI is InChI=1S/C20H22N4/c1-2-4-20-15(3-1)9-18(22-20)14-23-10-16-12-24(13-17(16)11-23)19-5-7-21-8-6-19/h1-9,16-17,22H,10-14H2/t16-,17?/m0/s1. The molecule has 2 aliphatic heterocycles. The van der Waals surface area contributed by atoms with Gasteiger partial charge in [0.1, 0.15) is 0 Å². The molecule has 2 atom stereocenters. The van der Waals surface area contributed by atoms with E-state index in [-0.39, 0.29) is 0 Å². The predicted octanol–water partition coefficient (Wildman–Crippen LogP) is 3.13. The molecule has 0 radical (unpaired) electrons. The van der Waals surface area contributed by atoms with Crippen LogP contribution in [0.3, 0.4) is 0 Å². The van der Waals surface area contributed by atoms with Gasteiger partial charge in [-0.1, -0.05) is 18.2 Å². The Bertz CT molecular complexity index is 794. The summed E-state index contributed by atoms with van der Waals surface area (Å²) in [6, 6.07) is 15.1. The van der Waals surface area contributed by atoms with Crippen molar-refractivity contribution in [3.05, 3.63) is 60.6 Å². The van der Waals surface area contributed by atoms with E-state index in [1.807, 2.05) is 12.4 Å². The van der Waals surface area contributed by atoms with E-state index in [1.165, 1.54) is 48.5 Å². The van der Waals surface area contributed by atoms with Crippen LogP contribution in [-0.4, -0.2) is 41.0 Å². The second kappa shape index (κ2) is 5.64. The molecule has 2 aliphatic rings. The van der Waals surface area contributed by atoms with Crippen LogP contribution in [0, 0.1) is 11.8 Å². The van der Waals surface area contributed by atoms with Gasteiger partial charge in [-0.3, -0.25) is 9.88 Å². The monoisotopic (exact) mass is 318 g/mol. The minimum Gasteiger partial charge on any atom is -0.371 e. The highest BCUT2D eigenvalue weighted by molar-refractivity contribution is 5.80. The van der Waals surface area contributed by atoms with E-state index >= 15 is 0 Å². The Hall–Kier alpha value is -2.33. The third-order valence-corrected chi connectivity index (χ3v) is 5.57. The second-order valence-corrected chi connectivity index (χ2v) is 7.21. The van der Waals surface area contributed by atoms with E-state index in [2.05, 4.69) is 62.2 Å². The molecule has 2 fully saturated rings. The molecule has 4 heterocycles. The summed E-state index contributed by atoms with van der Waals surface area (Å²) < 4.78 is 0. The molecule has 0 saturated carbocycles. The summed E-state index contributed by atoms with van der Waals surface area (Å²) in [6.07, 6.45) is 3.79. The van der Waals surface area contributed by atoms with E-state index in [4.69, 9.17) is 0 Å². The number of H-pyrrole nitrogens is 1. The molecule has 0 bridgehead atoms. The highest BCUT2D eigenvalue weighted by atomic mass is 15.2. The minimum absolute atomic E-state index is 0.794. The van der Waals surface area contributed by atoms with Crippen molar-refractivity contribution >= 4 is 16.6 Å². The molecule has 0 spiro atoms. The van der Waals surface area contributed by atoms with Crippen LogP contribution < -0.4 is 4.90 Å². The Labute approximate surface area is 142 Å². The Morgan fingerprint density at radius 2 is 1.71 bits per heavy atom. The number of anilines is 1. The molecule has 1 unspecified atom stereocenters. The zero-order valence-corrected chi connectivity index (χ0v) is 13.7. The number of rotatable bonds is 3. The number of pyridine rings is 1. The zero-order chi connectivity index (χ0) is 15.9. The van der Waals surface area contributed by atoms with Crippen LogP contribution in [0.25, 0.3) is 10.9 Å². The van der Waals surface area contributed by atoms with Crippen molar-refractivity contribution in [1.29, 1.82) is 0 Å². The van der Waals surface area contributed by atoms with Gasteiger partial charge in [-0.25, -0.2) is 0 Å². The lowest BCUT2D eigenvalue weighted by Gasteiger charge is -2.22. The number of nitrogens with zero attached hydrogens (tertiary/aromatic N) is 3. The Balaban J connectivity index is 1.25. The van der Waals surface area contributed by atoms with E-state index < -0.39 is 0 Å². The van der Waals surface area contributed by atoms with Gasteiger partial charge in [0.2, 0.25) is 0 Å². The Morgan fingerprint density at radius 3 is 2.46 bits per heavy atom. The first kappa shape index (κ1) is 14.1. The maximum absolute atomic E-state index is 4.13. The fourth-order valence-corrected chi connectivity index (χ4v) is 4.44. The van der Waals surface area contributed by atoms with Crippen LogP contribution >= 0.6 is 0 Å². The molecule has 3 aromatic rings. The number of hydrogen-bond acceptors (Lipinski definition) is 3. The molecule has 4 heteroatoms. The molecule has 5 rings (SSSR count). The fourth-order valence-electron chi connectivity index (χ4n) is 4.44. The lowest BCUT2D eigenvalue weighted by Crippen LogP contribution is -2.28. The first-order valence-electron chi connectivity index (χ1n) is 8.79. The van der Waals surface area contributed by atoms with Crippen molar-refractivity contribution in [2.24, 2.45) is 11.8 Å². The predicted molar refractivity (Wildman–Crippen MR) is 97.0 cm³/mol. The Kier molecular flexibility index (Phi) is 3.30. The largest absolute Gasteiger partial charge is 0.371 e. The number of nitrogens with one attached hydrogen (secondary N) is 1. The van der Waals surface area contributed by atoms with Crippen LogP contribution in [-0.2, 0) is 6.54 Å². The van der Waals surface area contributed by atoms with Gasteiger partial charge in [-0.05, 0) is 41.5 Å². The number of likely N-dealkylation sites (tertiary alicyclic amines) is 1. The molecule has 2 saturated heterocycles. The average molecular weight is 318 g/mol. The molecule has 24 heavy (non-hydrogen) atoms. The zero-order valence-electron chi connectivity index (χ0n) is 13.7. The van der Waals surface area contributed by atoms with Crippen molar-refractivity contribution in [3.63, 3.8) is 0 Å². The maximum atomic E-state index is 4.13. The van der Waals surface area contributed by atoms with Crippen molar-refractivity contribution < 1.29 is 0 Å². The molecule has 4 nitrogen and oxygen atoms in total. The molecular weight excluding hydrogens is 296 g/mol. The van der Waals surface area contributed by atoms with Crippen LogP contribution in [0.5, 0.6) is 0 Å². The lowest BCUT2D eigenvalue weighted by atomic mass is 10.0. The third-order valence-electron chi connectivity index (χ3n) is 5.57. The SMILES string of the molecule is c1ccc2[nH]c(CN3CC4CN(c5ccncc5)C[C@@H]4C3)cc2c1. The van der Waals surface area contributed by atoms with Gasteiger partial charge in [-0.2, -0.15) is 0 Å². The number of fused-ring (bicyclic) bond motifs is 2. The maximum Gasteiger partial charge on any atom is 0.0456 e. The van der Waals surface area contributed by atoms with E-state index in [0.717, 1.165) is 18.4 Å². The van der Waals surface area contributed by atoms with Gasteiger partial charge in [0, 0.05) is 62.0 Å². The summed E-state index contributed by atoms with van der Waals surface area (Å²) in [5.74, 6) is 1.59. The molecule has 2 aromatic heterocycles. The van der Waals surface area contributed by atoms with Crippen molar-refractivity contribution in [3.8, 4) is 0 Å². The van der Waals surface area contributed by atoms with Gasteiger partial charge in [0.15, 0.2) is 0 Å². The summed E-state index contributed by atoms with van der Waals surface area (Å²) >= 11 is 0. The quantitative estimate of drug-likeness (QED) is 0.806. The molecule has 1 N–H and O–H groups in total. The van der Waals surface area contributed by atoms with Crippen LogP contribution in [0.4, 0.5) is 5.69 Å². The minimum atomic E-state index is 0.794. The molecule has 0 aliphatic carbocycles. The Morgan fingerprint density at radius 1 is 0.958 bits per heavy atom. The average Bonchev–Trinajstić information content (AvgIpc) is 3.27. The molecular formula is C20H22N4. The topological polar surface area (TPSA) is 35.2 Å². The molecule has 1 aromatic carbocycles. The number of para-hydroxylation sites is 1. The van der Waals surface area contributed by atoms with Gasteiger partial charge < -0.3 is 9.88 Å². The molecule has 122 valence electrons. The van der Waals surface area contributed by atoms with Crippen molar-refractivity contribution in [1.82, 2.24) is 14.9 Å². The summed E-state index contributed by atoms with van der Waals surface area (Å²) in [5, 5.41) is 1.32.